The van der Waals surface area contributed by atoms with E-state index in [9.17, 15) is 19.5 Å². The summed E-state index contributed by atoms with van der Waals surface area (Å²) < 4.78 is 12.2. The van der Waals surface area contributed by atoms with Crippen LogP contribution in [0.5, 0.6) is 11.5 Å². The van der Waals surface area contributed by atoms with Crippen molar-refractivity contribution in [2.75, 3.05) is 12.0 Å². The van der Waals surface area contributed by atoms with E-state index in [1.165, 1.54) is 37.5 Å². The number of carboxylic acid groups (broad SMARTS) is 1. The number of methoxy groups -OCH3 is 1. The lowest BCUT2D eigenvalue weighted by atomic mass is 10.1. The summed E-state index contributed by atoms with van der Waals surface area (Å²) in [4.78, 5) is 38.4. The van der Waals surface area contributed by atoms with Gasteiger partial charge in [0.25, 0.3) is 11.8 Å². The minimum Gasteiger partial charge on any atom is -0.493 e. The molecule has 3 aromatic carbocycles. The average Bonchev–Trinajstić information content (AvgIpc) is 2.86. The molecule has 182 valence electrons. The molecule has 0 atom stereocenters. The van der Waals surface area contributed by atoms with Crippen molar-refractivity contribution in [3.63, 3.8) is 0 Å². The Hall–Kier alpha value is -3.77. The zero-order chi connectivity index (χ0) is 25.8. The number of benzene rings is 3. The molecule has 2 N–H and O–H groups in total. The molecule has 2 amide bonds. The molecular formula is C26H19IN2O6S. The number of aromatic carboxylic acids is 1. The van der Waals surface area contributed by atoms with Crippen molar-refractivity contribution in [2.24, 2.45) is 0 Å². The number of hydrogen-bond donors (Lipinski definition) is 2. The number of nitrogens with one attached hydrogen (secondary N) is 1. The molecule has 4 rings (SSSR count). The highest BCUT2D eigenvalue weighted by molar-refractivity contribution is 14.1. The van der Waals surface area contributed by atoms with Crippen molar-refractivity contribution < 1.29 is 29.0 Å². The van der Waals surface area contributed by atoms with Gasteiger partial charge in [-0.25, -0.2) is 4.79 Å². The van der Waals surface area contributed by atoms with Gasteiger partial charge in [0.1, 0.15) is 12.2 Å². The van der Waals surface area contributed by atoms with Crippen molar-refractivity contribution in [1.82, 2.24) is 5.32 Å². The largest absolute Gasteiger partial charge is 0.493 e. The molecule has 3 aromatic rings. The minimum absolute atomic E-state index is 0.0177. The molecule has 36 heavy (non-hydrogen) atoms. The van der Waals surface area contributed by atoms with Gasteiger partial charge in [0.05, 0.1) is 21.9 Å². The van der Waals surface area contributed by atoms with Gasteiger partial charge in [-0.15, -0.1) is 0 Å². The Morgan fingerprint density at radius 1 is 1.11 bits per heavy atom. The Morgan fingerprint density at radius 2 is 1.86 bits per heavy atom. The second kappa shape index (κ2) is 10.9. The molecule has 0 unspecified atom stereocenters. The van der Waals surface area contributed by atoms with E-state index in [4.69, 9.17) is 21.7 Å². The maximum absolute atomic E-state index is 13.3. The zero-order valence-corrected chi connectivity index (χ0v) is 21.8. The SMILES string of the molecule is COc1cc(C=C2C(=O)NC(=S)N(c3cccc(C(=O)O)c3)C2=O)cc(I)c1OCc1ccccc1. The van der Waals surface area contributed by atoms with E-state index in [0.717, 1.165) is 14.0 Å². The van der Waals surface area contributed by atoms with Crippen LogP contribution >= 0.6 is 34.8 Å². The molecular weight excluding hydrogens is 595 g/mol. The fourth-order valence-electron chi connectivity index (χ4n) is 3.53. The molecule has 0 aliphatic carbocycles. The van der Waals surface area contributed by atoms with Crippen LogP contribution < -0.4 is 19.7 Å². The fourth-order valence-corrected chi connectivity index (χ4v) is 4.59. The highest BCUT2D eigenvalue weighted by Gasteiger charge is 2.34. The minimum atomic E-state index is -1.15. The summed E-state index contributed by atoms with van der Waals surface area (Å²) in [6.07, 6.45) is 1.43. The number of amides is 2. The number of carbonyl (C=O) groups excluding carboxylic acids is 2. The highest BCUT2D eigenvalue weighted by Crippen LogP contribution is 2.35. The molecule has 1 aliphatic rings. The van der Waals surface area contributed by atoms with Gasteiger partial charge < -0.3 is 14.6 Å². The summed E-state index contributed by atoms with van der Waals surface area (Å²) in [6, 6.07) is 18.9. The number of thiocarbonyl (C=S) groups is 1. The van der Waals surface area contributed by atoms with Crippen LogP contribution in [0.25, 0.3) is 6.08 Å². The summed E-state index contributed by atoms with van der Waals surface area (Å²) >= 11 is 7.30. The van der Waals surface area contributed by atoms with Crippen LogP contribution in [-0.4, -0.2) is 35.1 Å². The van der Waals surface area contributed by atoms with E-state index >= 15 is 0 Å². The molecule has 0 aromatic heterocycles. The molecule has 1 fully saturated rings. The first-order chi connectivity index (χ1) is 17.3. The second-order valence-corrected chi connectivity index (χ2v) is 9.17. The molecule has 0 radical (unpaired) electrons. The monoisotopic (exact) mass is 614 g/mol. The number of nitrogens with zero attached hydrogens (tertiary/aromatic N) is 1. The summed E-state index contributed by atoms with van der Waals surface area (Å²) in [7, 11) is 1.51. The van der Waals surface area contributed by atoms with Gasteiger partial charge in [-0.3, -0.25) is 19.8 Å². The van der Waals surface area contributed by atoms with Crippen LogP contribution in [0.15, 0.2) is 72.3 Å². The molecule has 0 saturated carbocycles. The van der Waals surface area contributed by atoms with E-state index in [0.29, 0.717) is 23.7 Å². The number of rotatable bonds is 7. The van der Waals surface area contributed by atoms with Crippen LogP contribution in [0, 0.1) is 3.57 Å². The Morgan fingerprint density at radius 3 is 2.56 bits per heavy atom. The molecule has 10 heteroatoms. The predicted octanol–water partition coefficient (Wildman–Crippen LogP) is 4.41. The van der Waals surface area contributed by atoms with Crippen molar-refractivity contribution in [3.05, 3.63) is 92.6 Å². The summed E-state index contributed by atoms with van der Waals surface area (Å²) in [5, 5.41) is 11.6. The van der Waals surface area contributed by atoms with Crippen molar-refractivity contribution in [1.29, 1.82) is 0 Å². The maximum atomic E-state index is 13.3. The predicted molar refractivity (Wildman–Crippen MR) is 146 cm³/mol. The van der Waals surface area contributed by atoms with Crippen molar-refractivity contribution in [2.45, 2.75) is 6.61 Å². The molecule has 0 bridgehead atoms. The number of halogens is 1. The van der Waals surface area contributed by atoms with Crippen LogP contribution in [-0.2, 0) is 16.2 Å². The van der Waals surface area contributed by atoms with E-state index in [1.54, 1.807) is 12.1 Å². The van der Waals surface area contributed by atoms with E-state index < -0.39 is 17.8 Å². The fraction of sp³-hybridized carbons (Fsp3) is 0.0769. The second-order valence-electron chi connectivity index (χ2n) is 7.62. The van der Waals surface area contributed by atoms with Gasteiger partial charge >= 0.3 is 5.97 Å². The van der Waals surface area contributed by atoms with E-state index in [1.807, 2.05) is 30.3 Å². The topological polar surface area (TPSA) is 105 Å². The van der Waals surface area contributed by atoms with Gasteiger partial charge in [0.15, 0.2) is 16.6 Å². The number of carbonyl (C=O) groups is 3. The third kappa shape index (κ3) is 5.39. The first-order valence-electron chi connectivity index (χ1n) is 10.6. The van der Waals surface area contributed by atoms with Gasteiger partial charge in [0.2, 0.25) is 0 Å². The third-order valence-corrected chi connectivity index (χ3v) is 6.33. The normalized spacial score (nSPS) is 14.6. The lowest BCUT2D eigenvalue weighted by Gasteiger charge is -2.29. The van der Waals surface area contributed by atoms with E-state index in [-0.39, 0.29) is 21.9 Å². The quantitative estimate of drug-likeness (QED) is 0.176. The van der Waals surface area contributed by atoms with Crippen LogP contribution in [0.2, 0.25) is 0 Å². The molecule has 1 heterocycles. The van der Waals surface area contributed by atoms with Crippen LogP contribution in [0.3, 0.4) is 0 Å². The van der Waals surface area contributed by atoms with Crippen LogP contribution in [0.4, 0.5) is 5.69 Å². The lowest BCUT2D eigenvalue weighted by molar-refractivity contribution is -0.122. The maximum Gasteiger partial charge on any atom is 0.335 e. The number of anilines is 1. The first-order valence-corrected chi connectivity index (χ1v) is 12.1. The number of ether oxygens (including phenoxy) is 2. The summed E-state index contributed by atoms with van der Waals surface area (Å²) in [6.45, 7) is 0.344. The van der Waals surface area contributed by atoms with Crippen LogP contribution in [0.1, 0.15) is 21.5 Å². The Labute approximate surface area is 225 Å². The summed E-state index contributed by atoms with van der Waals surface area (Å²) in [5.41, 5.74) is 1.58. The van der Waals surface area contributed by atoms with Gasteiger partial charge in [0, 0.05) is 0 Å². The zero-order valence-electron chi connectivity index (χ0n) is 18.9. The molecule has 0 spiro atoms. The highest BCUT2D eigenvalue weighted by atomic mass is 127. The van der Waals surface area contributed by atoms with E-state index in [2.05, 4.69) is 27.9 Å². The third-order valence-electron chi connectivity index (χ3n) is 5.24. The number of carboxylic acids is 1. The Balaban J connectivity index is 1.66. The number of hydrogen-bond acceptors (Lipinski definition) is 6. The standard InChI is InChI=1S/C26H19IN2O6S/c1-34-21-12-16(11-20(27)22(21)35-14-15-6-3-2-4-7-15)10-19-23(30)28-26(36)29(24(19)31)18-9-5-8-17(13-18)25(32)33/h2-13H,14H2,1H3,(H,32,33)(H,28,30,36). The molecule has 8 nitrogen and oxygen atoms in total. The molecule has 1 saturated heterocycles. The van der Waals surface area contributed by atoms with Crippen molar-refractivity contribution >= 4 is 69.5 Å². The van der Waals surface area contributed by atoms with Crippen molar-refractivity contribution in [3.8, 4) is 11.5 Å². The van der Waals surface area contributed by atoms with Gasteiger partial charge in [-0.2, -0.15) is 0 Å². The first kappa shape index (κ1) is 25.3. The smallest absolute Gasteiger partial charge is 0.335 e. The van der Waals surface area contributed by atoms with Gasteiger partial charge in [-0.1, -0.05) is 36.4 Å². The molecule has 1 aliphatic heterocycles. The Bertz CT molecular complexity index is 1410. The summed E-state index contributed by atoms with van der Waals surface area (Å²) in [5.74, 6) is -1.51. The average molecular weight is 614 g/mol. The Kier molecular flexibility index (Phi) is 7.65. The lowest BCUT2D eigenvalue weighted by Crippen LogP contribution is -2.54. The van der Waals surface area contributed by atoms with Gasteiger partial charge in [-0.05, 0) is 82.3 Å².